The van der Waals surface area contributed by atoms with E-state index in [1.165, 1.54) is 20.3 Å². The van der Waals surface area contributed by atoms with Crippen LogP contribution in [0.5, 0.6) is 11.5 Å². The van der Waals surface area contributed by atoms with E-state index in [1.807, 2.05) is 20.8 Å². The van der Waals surface area contributed by atoms with Gasteiger partial charge in [0.15, 0.2) is 11.5 Å². The first kappa shape index (κ1) is 21.9. The van der Waals surface area contributed by atoms with Crippen LogP contribution in [0.25, 0.3) is 0 Å². The molecule has 0 aromatic heterocycles. The molecular weight excluding hydrogens is 366 g/mol. The van der Waals surface area contributed by atoms with E-state index in [1.54, 1.807) is 6.07 Å². The molecule has 3 N–H and O–H groups in total. The summed E-state index contributed by atoms with van der Waals surface area (Å²) in [5, 5.41) is 14.2. The van der Waals surface area contributed by atoms with Crippen LogP contribution in [0.3, 0.4) is 0 Å². The Bertz CT molecular complexity index is 751. The Labute approximate surface area is 164 Å². The van der Waals surface area contributed by atoms with E-state index in [-0.39, 0.29) is 36.4 Å². The Morgan fingerprint density at radius 2 is 1.93 bits per heavy atom. The minimum Gasteiger partial charge on any atom is -0.493 e. The Kier molecular flexibility index (Phi) is 6.51. The molecule has 28 heavy (non-hydrogen) atoms. The highest BCUT2D eigenvalue weighted by Crippen LogP contribution is 2.49. The van der Waals surface area contributed by atoms with Crippen molar-refractivity contribution in [3.63, 3.8) is 0 Å². The summed E-state index contributed by atoms with van der Waals surface area (Å²) >= 11 is 0. The molecule has 0 aliphatic heterocycles. The van der Waals surface area contributed by atoms with E-state index in [4.69, 9.17) is 19.9 Å². The smallest absolute Gasteiger partial charge is 0.276 e. The first-order chi connectivity index (χ1) is 13.1. The van der Waals surface area contributed by atoms with Crippen molar-refractivity contribution < 1.29 is 23.9 Å². The van der Waals surface area contributed by atoms with Gasteiger partial charge >= 0.3 is 0 Å². The van der Waals surface area contributed by atoms with Crippen molar-refractivity contribution in [3.8, 4) is 11.5 Å². The van der Waals surface area contributed by atoms with Crippen molar-refractivity contribution in [2.45, 2.75) is 45.3 Å². The summed E-state index contributed by atoms with van der Waals surface area (Å²) in [6.45, 7) is 6.51. The van der Waals surface area contributed by atoms with E-state index < -0.39 is 15.9 Å². The van der Waals surface area contributed by atoms with E-state index >= 15 is 0 Å². The van der Waals surface area contributed by atoms with Gasteiger partial charge in [0.25, 0.3) is 5.69 Å². The summed E-state index contributed by atoms with van der Waals surface area (Å²) in [4.78, 5) is 23.6. The second-order valence-electron chi connectivity index (χ2n) is 7.44. The van der Waals surface area contributed by atoms with Crippen LogP contribution in [0.1, 0.15) is 32.8 Å². The Balaban J connectivity index is 2.07. The fourth-order valence-electron chi connectivity index (χ4n) is 3.57. The molecule has 156 valence electrons. The summed E-state index contributed by atoms with van der Waals surface area (Å²) in [5.41, 5.74) is 5.17. The average Bonchev–Trinajstić information content (AvgIpc) is 2.66. The van der Waals surface area contributed by atoms with Crippen molar-refractivity contribution in [2.24, 2.45) is 11.1 Å². The molecule has 1 aromatic rings. The van der Waals surface area contributed by atoms with E-state index in [0.717, 1.165) is 0 Å². The van der Waals surface area contributed by atoms with Gasteiger partial charge in [-0.25, -0.2) is 0 Å². The predicted molar refractivity (Wildman–Crippen MR) is 104 cm³/mol. The van der Waals surface area contributed by atoms with E-state index in [0.29, 0.717) is 24.3 Å². The molecule has 1 aromatic carbocycles. The quantitative estimate of drug-likeness (QED) is 0.482. The SMILES string of the molecule is CCOC1CC(N)(C(=O)NCCc2cc(OC)c(OC)cc2[N+](=O)[O-])C1(C)C. The number of hydrogen-bond acceptors (Lipinski definition) is 7. The first-order valence-corrected chi connectivity index (χ1v) is 9.20. The number of benzene rings is 1. The summed E-state index contributed by atoms with van der Waals surface area (Å²) in [6, 6.07) is 2.88. The monoisotopic (exact) mass is 395 g/mol. The third kappa shape index (κ3) is 3.77. The highest BCUT2D eigenvalue weighted by molar-refractivity contribution is 5.88. The molecule has 2 rings (SSSR count). The number of amides is 1. The van der Waals surface area contributed by atoms with Crippen LogP contribution in [-0.2, 0) is 16.0 Å². The predicted octanol–water partition coefficient (Wildman–Crippen LogP) is 1.80. The van der Waals surface area contributed by atoms with Crippen LogP contribution in [0.4, 0.5) is 5.69 Å². The van der Waals surface area contributed by atoms with Gasteiger partial charge in [-0.1, -0.05) is 13.8 Å². The molecule has 0 spiro atoms. The number of rotatable bonds is 9. The second kappa shape index (κ2) is 8.32. The Hall–Kier alpha value is -2.39. The van der Waals surface area contributed by atoms with Crippen LogP contribution in [0.2, 0.25) is 0 Å². The molecule has 0 saturated heterocycles. The number of nitro benzene ring substituents is 1. The van der Waals surface area contributed by atoms with E-state index in [9.17, 15) is 14.9 Å². The molecule has 0 radical (unpaired) electrons. The molecule has 1 amide bonds. The van der Waals surface area contributed by atoms with Crippen molar-refractivity contribution in [2.75, 3.05) is 27.4 Å². The van der Waals surface area contributed by atoms with Gasteiger partial charge in [-0.15, -0.1) is 0 Å². The maximum Gasteiger partial charge on any atom is 0.276 e. The standard InChI is InChI=1S/C19H29N3O6/c1-6-28-16-11-19(20,18(16,2)3)17(23)21-8-7-12-9-14(26-4)15(27-5)10-13(12)22(24)25/h9-10,16H,6-8,11,20H2,1-5H3,(H,21,23). The summed E-state index contributed by atoms with van der Waals surface area (Å²) in [7, 11) is 2.87. The lowest BCUT2D eigenvalue weighted by atomic mass is 9.54. The van der Waals surface area contributed by atoms with Crippen LogP contribution >= 0.6 is 0 Å². The Morgan fingerprint density at radius 1 is 1.32 bits per heavy atom. The lowest BCUT2D eigenvalue weighted by Crippen LogP contribution is -2.75. The number of nitro groups is 1. The van der Waals surface area contributed by atoms with Crippen LogP contribution in [0.15, 0.2) is 12.1 Å². The number of carbonyl (C=O) groups excluding carboxylic acids is 1. The maximum atomic E-state index is 12.7. The van der Waals surface area contributed by atoms with Gasteiger partial charge in [0, 0.05) is 30.6 Å². The highest BCUT2D eigenvalue weighted by Gasteiger charge is 2.62. The van der Waals surface area contributed by atoms with Crippen molar-refractivity contribution in [3.05, 3.63) is 27.8 Å². The number of methoxy groups -OCH3 is 2. The number of hydrogen-bond donors (Lipinski definition) is 2. The van der Waals surface area contributed by atoms with Crippen LogP contribution in [0, 0.1) is 15.5 Å². The average molecular weight is 395 g/mol. The van der Waals surface area contributed by atoms with Gasteiger partial charge in [-0.2, -0.15) is 0 Å². The lowest BCUT2D eigenvalue weighted by Gasteiger charge is -2.57. The molecule has 1 fully saturated rings. The van der Waals surface area contributed by atoms with Crippen LogP contribution < -0.4 is 20.5 Å². The zero-order valence-corrected chi connectivity index (χ0v) is 17.0. The van der Waals surface area contributed by atoms with Crippen molar-refractivity contribution >= 4 is 11.6 Å². The molecule has 0 heterocycles. The molecule has 2 atom stereocenters. The third-order valence-corrected chi connectivity index (χ3v) is 5.70. The van der Waals surface area contributed by atoms with Gasteiger partial charge in [-0.05, 0) is 19.4 Å². The minimum atomic E-state index is -1.03. The molecular formula is C19H29N3O6. The number of ether oxygens (including phenoxy) is 3. The number of carbonyl (C=O) groups is 1. The lowest BCUT2D eigenvalue weighted by molar-refractivity contribution is -0.385. The van der Waals surface area contributed by atoms with Crippen molar-refractivity contribution in [1.29, 1.82) is 0 Å². The largest absolute Gasteiger partial charge is 0.493 e. The third-order valence-electron chi connectivity index (χ3n) is 5.70. The summed E-state index contributed by atoms with van der Waals surface area (Å²) in [5.74, 6) is 0.391. The highest BCUT2D eigenvalue weighted by atomic mass is 16.6. The number of nitrogens with zero attached hydrogens (tertiary/aromatic N) is 1. The molecule has 2 unspecified atom stereocenters. The van der Waals surface area contributed by atoms with Crippen molar-refractivity contribution in [1.82, 2.24) is 5.32 Å². The molecule has 9 heteroatoms. The summed E-state index contributed by atoms with van der Waals surface area (Å²) < 4.78 is 16.0. The zero-order valence-electron chi connectivity index (χ0n) is 17.0. The molecule has 9 nitrogen and oxygen atoms in total. The maximum absolute atomic E-state index is 12.7. The molecule has 0 bridgehead atoms. The first-order valence-electron chi connectivity index (χ1n) is 9.20. The minimum absolute atomic E-state index is 0.0693. The molecule has 1 saturated carbocycles. The fraction of sp³-hybridized carbons (Fsp3) is 0.632. The number of nitrogens with two attached hydrogens (primary N) is 1. The van der Waals surface area contributed by atoms with Gasteiger partial charge in [0.2, 0.25) is 5.91 Å². The van der Waals surface area contributed by atoms with Crippen LogP contribution in [-0.4, -0.2) is 49.8 Å². The Morgan fingerprint density at radius 3 is 2.43 bits per heavy atom. The molecule has 1 aliphatic carbocycles. The van der Waals surface area contributed by atoms with Gasteiger partial charge < -0.3 is 25.3 Å². The molecule has 1 aliphatic rings. The van der Waals surface area contributed by atoms with Gasteiger partial charge in [-0.3, -0.25) is 14.9 Å². The topological polar surface area (TPSA) is 126 Å². The van der Waals surface area contributed by atoms with E-state index in [2.05, 4.69) is 5.32 Å². The number of nitrogens with one attached hydrogen (secondary N) is 1. The summed E-state index contributed by atoms with van der Waals surface area (Å²) in [6.07, 6.45) is 0.629. The normalized spacial score (nSPS) is 22.9. The fourth-order valence-corrected chi connectivity index (χ4v) is 3.57. The zero-order chi connectivity index (χ0) is 21.1. The van der Waals surface area contributed by atoms with Gasteiger partial charge in [0.05, 0.1) is 31.3 Å². The van der Waals surface area contributed by atoms with Gasteiger partial charge in [0.1, 0.15) is 5.54 Å². The second-order valence-corrected chi connectivity index (χ2v) is 7.44.